The first kappa shape index (κ1) is 10.6. The molecule has 1 atom stereocenters. The molecule has 64 valence electrons. The van der Waals surface area contributed by atoms with Crippen LogP contribution in [0.1, 0.15) is 6.42 Å². The van der Waals surface area contributed by atoms with Crippen LogP contribution >= 0.6 is 11.8 Å². The molecule has 0 amide bonds. The summed E-state index contributed by atoms with van der Waals surface area (Å²) < 4.78 is 4.58. The van der Waals surface area contributed by atoms with Gasteiger partial charge in [0, 0.05) is 0 Å². The van der Waals surface area contributed by atoms with E-state index in [4.69, 9.17) is 0 Å². The molecule has 0 rings (SSSR count). The Labute approximate surface area is 72.0 Å². The lowest BCUT2D eigenvalue weighted by Gasteiger charge is -2.07. The smallest absolute Gasteiger partial charge is 0.312 e. The van der Waals surface area contributed by atoms with Gasteiger partial charge in [0.1, 0.15) is 0 Å². The van der Waals surface area contributed by atoms with E-state index in [1.165, 1.54) is 7.11 Å². The molecule has 3 heteroatoms. The molecule has 2 nitrogen and oxygen atoms in total. The second kappa shape index (κ2) is 6.28. The molecule has 11 heavy (non-hydrogen) atoms. The Bertz CT molecular complexity index is 134. The highest BCUT2D eigenvalue weighted by Crippen LogP contribution is 2.09. The number of hydrogen-bond donors (Lipinski definition) is 0. The molecule has 0 aliphatic heterocycles. The van der Waals surface area contributed by atoms with Gasteiger partial charge in [-0.05, 0) is 18.4 Å². The standard InChI is InChI=1S/C8H14O2S/c1-4-7(5-6-11-3)8(9)10-2/h4,7H,1,5-6H2,2-3H3. The van der Waals surface area contributed by atoms with Crippen molar-refractivity contribution in [1.29, 1.82) is 0 Å². The lowest BCUT2D eigenvalue weighted by atomic mass is 10.1. The first-order chi connectivity index (χ1) is 5.26. The van der Waals surface area contributed by atoms with E-state index in [9.17, 15) is 4.79 Å². The van der Waals surface area contributed by atoms with E-state index in [1.54, 1.807) is 17.8 Å². The summed E-state index contributed by atoms with van der Waals surface area (Å²) in [6, 6.07) is 0. The van der Waals surface area contributed by atoms with Gasteiger partial charge in [-0.1, -0.05) is 6.08 Å². The molecule has 0 N–H and O–H groups in total. The molecule has 0 aliphatic rings. The van der Waals surface area contributed by atoms with E-state index in [0.717, 1.165) is 12.2 Å². The quantitative estimate of drug-likeness (QED) is 0.469. The zero-order valence-electron chi connectivity index (χ0n) is 7.00. The second-order valence-corrected chi connectivity index (χ2v) is 3.13. The number of carbonyl (C=O) groups excluding carboxylic acids is 1. The van der Waals surface area contributed by atoms with Crippen LogP contribution in [0, 0.1) is 5.92 Å². The third-order valence-corrected chi connectivity index (χ3v) is 2.07. The highest BCUT2D eigenvalue weighted by Gasteiger charge is 2.13. The lowest BCUT2D eigenvalue weighted by molar-refractivity contribution is -0.143. The van der Waals surface area contributed by atoms with E-state index in [-0.39, 0.29) is 11.9 Å². The molecule has 0 saturated heterocycles. The van der Waals surface area contributed by atoms with E-state index in [2.05, 4.69) is 11.3 Å². The van der Waals surface area contributed by atoms with Crippen molar-refractivity contribution in [2.45, 2.75) is 6.42 Å². The van der Waals surface area contributed by atoms with Crippen LogP contribution in [0.25, 0.3) is 0 Å². The van der Waals surface area contributed by atoms with Gasteiger partial charge in [0.15, 0.2) is 0 Å². The summed E-state index contributed by atoms with van der Waals surface area (Å²) in [5, 5.41) is 0. The van der Waals surface area contributed by atoms with Gasteiger partial charge < -0.3 is 4.74 Å². The molecular formula is C8H14O2S. The number of carbonyl (C=O) groups is 1. The van der Waals surface area contributed by atoms with Gasteiger partial charge in [-0.15, -0.1) is 6.58 Å². The maximum atomic E-state index is 10.9. The highest BCUT2D eigenvalue weighted by atomic mass is 32.2. The number of esters is 1. The van der Waals surface area contributed by atoms with Crippen LogP contribution in [0.5, 0.6) is 0 Å². The number of ether oxygens (including phenoxy) is 1. The summed E-state index contributed by atoms with van der Waals surface area (Å²) in [4.78, 5) is 10.9. The number of methoxy groups -OCH3 is 1. The van der Waals surface area contributed by atoms with Gasteiger partial charge in [0.25, 0.3) is 0 Å². The number of rotatable bonds is 5. The molecule has 0 bridgehead atoms. The fourth-order valence-corrected chi connectivity index (χ4v) is 1.22. The van der Waals surface area contributed by atoms with Crippen molar-refractivity contribution < 1.29 is 9.53 Å². The Hall–Kier alpha value is -0.440. The summed E-state index contributed by atoms with van der Waals surface area (Å²) in [5.41, 5.74) is 0. The molecule has 0 fully saturated rings. The summed E-state index contributed by atoms with van der Waals surface area (Å²) in [5.74, 6) is 0.646. The predicted octanol–water partition coefficient (Wildman–Crippen LogP) is 1.71. The van der Waals surface area contributed by atoms with Gasteiger partial charge >= 0.3 is 5.97 Å². The third kappa shape index (κ3) is 4.09. The van der Waals surface area contributed by atoms with Crippen LogP contribution in [0.3, 0.4) is 0 Å². The first-order valence-corrected chi connectivity index (χ1v) is 4.85. The van der Waals surface area contributed by atoms with Crippen LogP contribution in [0.4, 0.5) is 0 Å². The van der Waals surface area contributed by atoms with Crippen LogP contribution in [-0.2, 0) is 9.53 Å². The zero-order valence-corrected chi connectivity index (χ0v) is 7.82. The number of thioether (sulfide) groups is 1. The SMILES string of the molecule is C=CC(CCSC)C(=O)OC. The minimum absolute atomic E-state index is 0.132. The Morgan fingerprint density at radius 3 is 2.82 bits per heavy atom. The van der Waals surface area contributed by atoms with Crippen molar-refractivity contribution in [1.82, 2.24) is 0 Å². The van der Waals surface area contributed by atoms with Crippen LogP contribution in [0.15, 0.2) is 12.7 Å². The van der Waals surface area contributed by atoms with Crippen molar-refractivity contribution in [2.75, 3.05) is 19.1 Å². The van der Waals surface area contributed by atoms with Crippen molar-refractivity contribution in [3.05, 3.63) is 12.7 Å². The van der Waals surface area contributed by atoms with E-state index >= 15 is 0 Å². The van der Waals surface area contributed by atoms with Gasteiger partial charge in [0.2, 0.25) is 0 Å². The minimum Gasteiger partial charge on any atom is -0.469 e. The summed E-state index contributed by atoms with van der Waals surface area (Å²) in [6.07, 6.45) is 4.47. The molecule has 0 aliphatic carbocycles. The van der Waals surface area contributed by atoms with Crippen LogP contribution in [0.2, 0.25) is 0 Å². The van der Waals surface area contributed by atoms with Crippen molar-refractivity contribution in [3.8, 4) is 0 Å². The fourth-order valence-electron chi connectivity index (χ4n) is 0.728. The molecule has 0 heterocycles. The summed E-state index contributed by atoms with van der Waals surface area (Å²) in [7, 11) is 1.40. The van der Waals surface area contributed by atoms with Crippen molar-refractivity contribution in [3.63, 3.8) is 0 Å². The van der Waals surface area contributed by atoms with Gasteiger partial charge in [0.05, 0.1) is 13.0 Å². The molecule has 0 aromatic heterocycles. The van der Waals surface area contributed by atoms with E-state index in [0.29, 0.717) is 0 Å². The highest BCUT2D eigenvalue weighted by molar-refractivity contribution is 7.98. The molecule has 1 unspecified atom stereocenters. The number of hydrogen-bond acceptors (Lipinski definition) is 3. The predicted molar refractivity (Wildman–Crippen MR) is 48.7 cm³/mol. The van der Waals surface area contributed by atoms with Crippen molar-refractivity contribution >= 4 is 17.7 Å². The van der Waals surface area contributed by atoms with Gasteiger partial charge in [-0.25, -0.2) is 0 Å². The molecule has 0 aromatic carbocycles. The van der Waals surface area contributed by atoms with Crippen molar-refractivity contribution in [2.24, 2.45) is 5.92 Å². The Morgan fingerprint density at radius 2 is 2.45 bits per heavy atom. The first-order valence-electron chi connectivity index (χ1n) is 3.45. The largest absolute Gasteiger partial charge is 0.469 e. The van der Waals surface area contributed by atoms with Crippen LogP contribution < -0.4 is 0 Å². The lowest BCUT2D eigenvalue weighted by Crippen LogP contribution is -2.14. The normalized spacial score (nSPS) is 12.2. The van der Waals surface area contributed by atoms with Gasteiger partial charge in [-0.2, -0.15) is 11.8 Å². The maximum Gasteiger partial charge on any atom is 0.312 e. The molecule has 0 aromatic rings. The average Bonchev–Trinajstić information content (AvgIpc) is 2.05. The minimum atomic E-state index is -0.186. The van der Waals surface area contributed by atoms with E-state index in [1.807, 2.05) is 6.26 Å². The maximum absolute atomic E-state index is 10.9. The Morgan fingerprint density at radius 1 is 1.82 bits per heavy atom. The monoisotopic (exact) mass is 174 g/mol. The summed E-state index contributed by atoms with van der Waals surface area (Å²) >= 11 is 1.72. The third-order valence-electron chi connectivity index (χ3n) is 1.42. The molecular weight excluding hydrogens is 160 g/mol. The average molecular weight is 174 g/mol. The van der Waals surface area contributed by atoms with Gasteiger partial charge in [-0.3, -0.25) is 4.79 Å². The topological polar surface area (TPSA) is 26.3 Å². The Kier molecular flexibility index (Phi) is 6.03. The molecule has 0 spiro atoms. The van der Waals surface area contributed by atoms with E-state index < -0.39 is 0 Å². The molecule has 0 radical (unpaired) electrons. The fraction of sp³-hybridized carbons (Fsp3) is 0.625. The zero-order chi connectivity index (χ0) is 8.69. The Balaban J connectivity index is 3.74. The summed E-state index contributed by atoms with van der Waals surface area (Å²) in [6.45, 7) is 3.57. The van der Waals surface area contributed by atoms with Crippen LogP contribution in [-0.4, -0.2) is 25.1 Å². The molecule has 0 saturated carbocycles. The second-order valence-electron chi connectivity index (χ2n) is 2.15.